The van der Waals surface area contributed by atoms with E-state index in [0.717, 1.165) is 11.1 Å². The van der Waals surface area contributed by atoms with Crippen LogP contribution in [0.1, 0.15) is 58.0 Å². The molecule has 8 heteroatoms. The number of carbonyl (C=O) groups is 1. The lowest BCUT2D eigenvalue weighted by atomic mass is 9.66. The van der Waals surface area contributed by atoms with Crippen molar-refractivity contribution in [2.75, 3.05) is 6.61 Å². The van der Waals surface area contributed by atoms with Gasteiger partial charge in [0.1, 0.15) is 12.4 Å². The third-order valence-electron chi connectivity index (χ3n) is 5.99. The molecule has 172 valence electrons. The zero-order chi connectivity index (χ0) is 23.5. The molecule has 0 bridgehead atoms. The molecule has 1 fully saturated rings. The van der Waals surface area contributed by atoms with Gasteiger partial charge in [0.2, 0.25) is 0 Å². The minimum Gasteiger partial charge on any atom is -0.489 e. The molecule has 0 radical (unpaired) electrons. The van der Waals surface area contributed by atoms with Crippen LogP contribution in [0.25, 0.3) is 0 Å². The van der Waals surface area contributed by atoms with Crippen LogP contribution in [0, 0.1) is 0 Å². The highest BCUT2D eigenvalue weighted by Gasteiger charge is 2.54. The fraction of sp³-hybridized carbons (Fsp3) is 0.458. The summed E-state index contributed by atoms with van der Waals surface area (Å²) >= 11 is 12.0. The van der Waals surface area contributed by atoms with Crippen LogP contribution in [0.4, 0.5) is 0 Å². The average Bonchev–Trinajstić information content (AvgIpc) is 2.94. The van der Waals surface area contributed by atoms with E-state index < -0.39 is 18.3 Å². The van der Waals surface area contributed by atoms with E-state index in [2.05, 4.69) is 0 Å². The molecule has 0 aromatic heterocycles. The molecule has 0 amide bonds. The summed E-state index contributed by atoms with van der Waals surface area (Å²) < 4.78 is 23.5. The summed E-state index contributed by atoms with van der Waals surface area (Å²) in [5.74, 6) is 0.106. The molecule has 3 rings (SSSR count). The van der Waals surface area contributed by atoms with Gasteiger partial charge in [-0.05, 0) is 70.0 Å². The van der Waals surface area contributed by atoms with Crippen LogP contribution in [0.15, 0.2) is 42.5 Å². The van der Waals surface area contributed by atoms with Crippen molar-refractivity contribution in [2.45, 2.75) is 64.7 Å². The van der Waals surface area contributed by atoms with Crippen LogP contribution < -0.4 is 4.74 Å². The standard InChI is InChI=1S/C24H29BCl2O5/c1-6-29-22(28)14-19(25-31-23(2,3)24(4,5)32-25)17-8-10-18(11-9-17)30-15-16-7-12-20(26)21(27)13-16/h7-13,19H,6,14-15H2,1-5H3. The molecule has 0 saturated carbocycles. The van der Waals surface area contributed by atoms with E-state index in [4.69, 9.17) is 42.0 Å². The second-order valence-electron chi connectivity index (χ2n) is 8.85. The Morgan fingerprint density at radius 2 is 1.62 bits per heavy atom. The first-order valence-corrected chi connectivity index (χ1v) is 11.5. The molecule has 5 nitrogen and oxygen atoms in total. The number of hydrogen-bond acceptors (Lipinski definition) is 5. The normalized spacial score (nSPS) is 17.8. The Kier molecular flexibility index (Phi) is 7.82. The van der Waals surface area contributed by atoms with Crippen molar-refractivity contribution >= 4 is 36.3 Å². The van der Waals surface area contributed by atoms with Crippen LogP contribution in [-0.4, -0.2) is 30.9 Å². The Bertz CT molecular complexity index is 930. The number of halogens is 2. The number of hydrogen-bond donors (Lipinski definition) is 0. The third kappa shape index (κ3) is 5.79. The van der Waals surface area contributed by atoms with Crippen LogP contribution in [-0.2, 0) is 25.4 Å². The van der Waals surface area contributed by atoms with Gasteiger partial charge in [-0.1, -0.05) is 41.4 Å². The summed E-state index contributed by atoms with van der Waals surface area (Å²) in [6.07, 6.45) is 0.161. The Morgan fingerprint density at radius 1 is 1.00 bits per heavy atom. The van der Waals surface area contributed by atoms with Gasteiger partial charge in [-0.25, -0.2) is 0 Å². The zero-order valence-electron chi connectivity index (χ0n) is 19.1. The van der Waals surface area contributed by atoms with Gasteiger partial charge < -0.3 is 18.8 Å². The number of rotatable bonds is 8. The molecule has 1 aliphatic rings. The first-order valence-electron chi connectivity index (χ1n) is 10.7. The minimum absolute atomic E-state index is 0.161. The molecule has 1 saturated heterocycles. The highest BCUT2D eigenvalue weighted by Crippen LogP contribution is 2.42. The highest BCUT2D eigenvalue weighted by atomic mass is 35.5. The molecule has 1 atom stereocenters. The van der Waals surface area contributed by atoms with Crippen molar-refractivity contribution in [3.63, 3.8) is 0 Å². The van der Waals surface area contributed by atoms with E-state index in [1.807, 2.05) is 58.0 Å². The van der Waals surface area contributed by atoms with Gasteiger partial charge in [-0.3, -0.25) is 4.79 Å². The van der Waals surface area contributed by atoms with Crippen LogP contribution in [0.2, 0.25) is 10.0 Å². The summed E-state index contributed by atoms with van der Waals surface area (Å²) in [6, 6.07) is 13.0. The number of benzene rings is 2. The molecule has 0 spiro atoms. The maximum absolute atomic E-state index is 12.3. The monoisotopic (exact) mass is 478 g/mol. The molecule has 2 aromatic rings. The first kappa shape index (κ1) is 24.9. The van der Waals surface area contributed by atoms with Crippen LogP contribution in [0.3, 0.4) is 0 Å². The fourth-order valence-corrected chi connectivity index (χ4v) is 3.75. The lowest BCUT2D eigenvalue weighted by Crippen LogP contribution is -2.41. The van der Waals surface area contributed by atoms with Gasteiger partial charge in [-0.2, -0.15) is 0 Å². The maximum Gasteiger partial charge on any atom is 0.466 e. The molecule has 2 aromatic carbocycles. The lowest BCUT2D eigenvalue weighted by Gasteiger charge is -2.32. The summed E-state index contributed by atoms with van der Waals surface area (Å²) in [5, 5.41) is 1.00. The van der Waals surface area contributed by atoms with Crippen molar-refractivity contribution < 1.29 is 23.6 Å². The quantitative estimate of drug-likeness (QED) is 0.332. The second kappa shape index (κ2) is 10.0. The Balaban J connectivity index is 1.74. The Morgan fingerprint density at radius 3 is 2.19 bits per heavy atom. The molecule has 0 aliphatic carbocycles. The molecule has 0 N–H and O–H groups in total. The van der Waals surface area contributed by atoms with Gasteiger partial charge in [0.05, 0.1) is 34.3 Å². The average molecular weight is 479 g/mol. The van der Waals surface area contributed by atoms with E-state index in [9.17, 15) is 4.79 Å². The third-order valence-corrected chi connectivity index (χ3v) is 6.73. The van der Waals surface area contributed by atoms with Crippen LogP contribution >= 0.6 is 23.2 Å². The predicted octanol–water partition coefficient (Wildman–Crippen LogP) is 6.24. The van der Waals surface area contributed by atoms with Gasteiger partial charge >= 0.3 is 13.1 Å². The largest absolute Gasteiger partial charge is 0.489 e. The van der Waals surface area contributed by atoms with Crippen LogP contribution in [0.5, 0.6) is 5.75 Å². The van der Waals surface area contributed by atoms with Crippen molar-refractivity contribution in [3.8, 4) is 5.75 Å². The fourth-order valence-electron chi connectivity index (χ4n) is 3.43. The summed E-state index contributed by atoms with van der Waals surface area (Å²) in [7, 11) is -0.563. The molecule has 1 unspecified atom stereocenters. The number of esters is 1. The predicted molar refractivity (Wildman–Crippen MR) is 127 cm³/mol. The lowest BCUT2D eigenvalue weighted by molar-refractivity contribution is -0.143. The summed E-state index contributed by atoms with van der Waals surface area (Å²) in [5.41, 5.74) is 0.848. The van der Waals surface area contributed by atoms with E-state index in [-0.39, 0.29) is 18.2 Å². The van der Waals surface area contributed by atoms with Gasteiger partial charge in [0, 0.05) is 5.82 Å². The SMILES string of the molecule is CCOC(=O)CC(B1OC(C)(C)C(C)(C)O1)c1ccc(OCc2ccc(Cl)c(Cl)c2)cc1. The van der Waals surface area contributed by atoms with Crippen molar-refractivity contribution in [3.05, 3.63) is 63.6 Å². The Labute approximate surface area is 200 Å². The van der Waals surface area contributed by atoms with Crippen molar-refractivity contribution in [1.82, 2.24) is 0 Å². The number of ether oxygens (including phenoxy) is 2. The Hall–Kier alpha value is -1.73. The first-order chi connectivity index (χ1) is 15.0. The minimum atomic E-state index is -0.563. The smallest absolute Gasteiger partial charge is 0.466 e. The summed E-state index contributed by atoms with van der Waals surface area (Å²) in [4.78, 5) is 12.3. The topological polar surface area (TPSA) is 54.0 Å². The van der Waals surface area contributed by atoms with Crippen molar-refractivity contribution in [2.24, 2.45) is 0 Å². The van der Waals surface area contributed by atoms with E-state index in [0.29, 0.717) is 29.0 Å². The van der Waals surface area contributed by atoms with Gasteiger partial charge in [-0.15, -0.1) is 0 Å². The molecular weight excluding hydrogens is 450 g/mol. The highest BCUT2D eigenvalue weighted by molar-refractivity contribution is 6.48. The maximum atomic E-state index is 12.3. The molecule has 1 aliphatic heterocycles. The van der Waals surface area contributed by atoms with Gasteiger partial charge in [0.25, 0.3) is 0 Å². The van der Waals surface area contributed by atoms with Gasteiger partial charge in [0.15, 0.2) is 0 Å². The summed E-state index contributed by atoms with van der Waals surface area (Å²) in [6.45, 7) is 10.5. The second-order valence-corrected chi connectivity index (χ2v) is 9.66. The molecule has 32 heavy (non-hydrogen) atoms. The van der Waals surface area contributed by atoms with E-state index in [1.165, 1.54) is 0 Å². The number of carbonyl (C=O) groups excluding carboxylic acids is 1. The molecule has 1 heterocycles. The zero-order valence-corrected chi connectivity index (χ0v) is 20.6. The van der Waals surface area contributed by atoms with E-state index >= 15 is 0 Å². The van der Waals surface area contributed by atoms with E-state index in [1.54, 1.807) is 19.1 Å². The molecular formula is C24H29BCl2O5. The van der Waals surface area contributed by atoms with Crippen molar-refractivity contribution in [1.29, 1.82) is 0 Å².